The molecule has 0 saturated carbocycles. The van der Waals surface area contributed by atoms with E-state index in [0.717, 1.165) is 12.8 Å². The summed E-state index contributed by atoms with van der Waals surface area (Å²) < 4.78 is 32.9. The van der Waals surface area contributed by atoms with Gasteiger partial charge in [0.25, 0.3) is 0 Å². The first-order valence-electron chi connectivity index (χ1n) is 10.8. The van der Waals surface area contributed by atoms with Crippen molar-refractivity contribution in [3.05, 3.63) is 48.5 Å². The van der Waals surface area contributed by atoms with E-state index in [9.17, 15) is 18.0 Å². The summed E-state index contributed by atoms with van der Waals surface area (Å²) in [5, 5.41) is 2.74. The normalized spacial score (nSPS) is 19.6. The molecule has 170 valence electrons. The first kappa shape index (κ1) is 22.3. The van der Waals surface area contributed by atoms with Crippen molar-refractivity contribution in [2.24, 2.45) is 5.92 Å². The molecular formula is C23H27N3O5S. The zero-order valence-corrected chi connectivity index (χ0v) is 18.8. The maximum atomic E-state index is 12.9. The summed E-state index contributed by atoms with van der Waals surface area (Å²) in [5.74, 6) is 0.333. The molecule has 9 heteroatoms. The van der Waals surface area contributed by atoms with Gasteiger partial charge >= 0.3 is 0 Å². The molecule has 1 fully saturated rings. The van der Waals surface area contributed by atoms with Crippen molar-refractivity contribution in [1.82, 2.24) is 4.31 Å². The summed E-state index contributed by atoms with van der Waals surface area (Å²) >= 11 is 0. The lowest BCUT2D eigenvalue weighted by molar-refractivity contribution is -0.121. The fraction of sp³-hybridized carbons (Fsp3) is 0.391. The second kappa shape index (κ2) is 9.30. The smallest absolute Gasteiger partial charge is 0.244 e. The van der Waals surface area contributed by atoms with Gasteiger partial charge in [-0.1, -0.05) is 19.1 Å². The van der Waals surface area contributed by atoms with E-state index in [1.165, 1.54) is 21.3 Å². The summed E-state index contributed by atoms with van der Waals surface area (Å²) in [5.41, 5.74) is 1.02. The Labute approximate surface area is 188 Å². The minimum absolute atomic E-state index is 0.162. The number of anilines is 2. The summed E-state index contributed by atoms with van der Waals surface area (Å²) in [6, 6.07) is 13.3. The van der Waals surface area contributed by atoms with E-state index in [1.54, 1.807) is 30.3 Å². The van der Waals surface area contributed by atoms with Gasteiger partial charge in [0.15, 0.2) is 0 Å². The topological polar surface area (TPSA) is 96.0 Å². The number of fused-ring (bicyclic) bond motifs is 1. The first-order valence-corrected chi connectivity index (χ1v) is 12.2. The Bertz CT molecular complexity index is 1100. The van der Waals surface area contributed by atoms with Crippen LogP contribution in [0, 0.1) is 5.92 Å². The van der Waals surface area contributed by atoms with E-state index in [-0.39, 0.29) is 36.3 Å². The van der Waals surface area contributed by atoms with Crippen molar-refractivity contribution in [3.8, 4) is 5.75 Å². The highest BCUT2D eigenvalue weighted by Gasteiger charge is 2.29. The van der Waals surface area contributed by atoms with Crippen molar-refractivity contribution < 1.29 is 22.7 Å². The average molecular weight is 458 g/mol. The highest BCUT2D eigenvalue weighted by atomic mass is 32.2. The van der Waals surface area contributed by atoms with Crippen LogP contribution in [0.3, 0.4) is 0 Å². The fourth-order valence-electron chi connectivity index (χ4n) is 4.06. The quantitative estimate of drug-likeness (QED) is 0.745. The number of piperidine rings is 1. The van der Waals surface area contributed by atoms with Crippen LogP contribution in [0.25, 0.3) is 0 Å². The van der Waals surface area contributed by atoms with Gasteiger partial charge in [-0.3, -0.25) is 14.5 Å². The average Bonchev–Trinajstić information content (AvgIpc) is 2.93. The minimum atomic E-state index is -3.55. The summed E-state index contributed by atoms with van der Waals surface area (Å²) in [6.07, 6.45) is 2.08. The van der Waals surface area contributed by atoms with Gasteiger partial charge in [0.2, 0.25) is 21.8 Å². The van der Waals surface area contributed by atoms with Crippen LogP contribution in [0.15, 0.2) is 53.4 Å². The third-order valence-electron chi connectivity index (χ3n) is 5.73. The van der Waals surface area contributed by atoms with Gasteiger partial charge in [0.05, 0.1) is 23.6 Å². The monoisotopic (exact) mass is 457 g/mol. The van der Waals surface area contributed by atoms with Gasteiger partial charge in [0, 0.05) is 18.8 Å². The molecule has 0 bridgehead atoms. The Morgan fingerprint density at radius 3 is 2.66 bits per heavy atom. The maximum absolute atomic E-state index is 12.9. The van der Waals surface area contributed by atoms with E-state index in [0.29, 0.717) is 36.1 Å². The highest BCUT2D eigenvalue weighted by molar-refractivity contribution is 7.89. The zero-order chi connectivity index (χ0) is 22.7. The second-order valence-corrected chi connectivity index (χ2v) is 10.2. The molecule has 0 spiro atoms. The lowest BCUT2D eigenvalue weighted by Crippen LogP contribution is -2.39. The Morgan fingerprint density at radius 2 is 1.91 bits per heavy atom. The predicted molar refractivity (Wildman–Crippen MR) is 121 cm³/mol. The maximum Gasteiger partial charge on any atom is 0.244 e. The molecule has 1 N–H and O–H groups in total. The minimum Gasteiger partial charge on any atom is -0.491 e. The Morgan fingerprint density at radius 1 is 1.16 bits per heavy atom. The number of nitrogens with one attached hydrogen (secondary N) is 1. The van der Waals surface area contributed by atoms with Crippen LogP contribution in [-0.2, 0) is 19.6 Å². The van der Waals surface area contributed by atoms with Crippen LogP contribution in [0.5, 0.6) is 5.75 Å². The number of rotatable bonds is 5. The van der Waals surface area contributed by atoms with Crippen LogP contribution >= 0.6 is 0 Å². The highest BCUT2D eigenvalue weighted by Crippen LogP contribution is 2.31. The molecule has 0 aliphatic carbocycles. The molecule has 32 heavy (non-hydrogen) atoms. The molecule has 2 aliphatic rings. The lowest BCUT2D eigenvalue weighted by atomic mass is 10.0. The number of hydrogen-bond acceptors (Lipinski definition) is 5. The Hall–Kier alpha value is -2.91. The third kappa shape index (κ3) is 4.78. The summed E-state index contributed by atoms with van der Waals surface area (Å²) in [6.45, 7) is 3.21. The van der Waals surface area contributed by atoms with Crippen molar-refractivity contribution in [1.29, 1.82) is 0 Å². The molecular weight excluding hydrogens is 430 g/mol. The van der Waals surface area contributed by atoms with E-state index in [1.807, 2.05) is 6.07 Å². The van der Waals surface area contributed by atoms with E-state index in [2.05, 4.69) is 12.2 Å². The molecule has 1 unspecified atom stereocenters. The van der Waals surface area contributed by atoms with Gasteiger partial charge in [-0.15, -0.1) is 0 Å². The van der Waals surface area contributed by atoms with Gasteiger partial charge in [0.1, 0.15) is 12.3 Å². The largest absolute Gasteiger partial charge is 0.491 e. The van der Waals surface area contributed by atoms with Crippen LogP contribution in [-0.4, -0.2) is 50.8 Å². The van der Waals surface area contributed by atoms with Crippen molar-refractivity contribution >= 4 is 33.2 Å². The van der Waals surface area contributed by atoms with E-state index < -0.39 is 10.0 Å². The van der Waals surface area contributed by atoms with Crippen molar-refractivity contribution in [3.63, 3.8) is 0 Å². The van der Waals surface area contributed by atoms with Crippen LogP contribution in [0.4, 0.5) is 11.4 Å². The number of carbonyl (C=O) groups is 2. The Kier molecular flexibility index (Phi) is 6.48. The van der Waals surface area contributed by atoms with Crippen LogP contribution in [0.1, 0.15) is 26.2 Å². The van der Waals surface area contributed by atoms with E-state index in [4.69, 9.17) is 4.74 Å². The number of ether oxygens (including phenoxy) is 1. The number of amides is 2. The number of sulfonamides is 1. The van der Waals surface area contributed by atoms with Gasteiger partial charge in [-0.25, -0.2) is 8.42 Å². The number of carbonyl (C=O) groups excluding carboxylic acids is 2. The predicted octanol–water partition coefficient (Wildman–Crippen LogP) is 2.86. The Balaban J connectivity index is 1.44. The van der Waals surface area contributed by atoms with Crippen LogP contribution < -0.4 is 15.0 Å². The molecule has 0 aromatic heterocycles. The zero-order valence-electron chi connectivity index (χ0n) is 18.0. The third-order valence-corrected chi connectivity index (χ3v) is 7.61. The number of hydrogen-bond donors (Lipinski definition) is 1. The molecule has 8 nitrogen and oxygen atoms in total. The van der Waals surface area contributed by atoms with Crippen LogP contribution in [0.2, 0.25) is 0 Å². The fourth-order valence-corrected chi connectivity index (χ4v) is 5.66. The second-order valence-electron chi connectivity index (χ2n) is 8.23. The molecule has 0 radical (unpaired) electrons. The van der Waals surface area contributed by atoms with Gasteiger partial charge < -0.3 is 10.1 Å². The molecule has 2 aromatic carbocycles. The van der Waals surface area contributed by atoms with Gasteiger partial charge in [-0.2, -0.15) is 4.31 Å². The molecule has 2 aromatic rings. The lowest BCUT2D eigenvalue weighted by Gasteiger charge is -2.30. The molecule has 2 heterocycles. The molecule has 2 amide bonds. The molecule has 4 rings (SSSR count). The number of benzene rings is 2. The number of para-hydroxylation sites is 2. The van der Waals surface area contributed by atoms with Crippen molar-refractivity contribution in [2.45, 2.75) is 31.1 Å². The summed E-state index contributed by atoms with van der Waals surface area (Å²) in [4.78, 5) is 26.7. The molecule has 2 aliphatic heterocycles. The molecule has 1 saturated heterocycles. The molecule has 1 atom stereocenters. The summed E-state index contributed by atoms with van der Waals surface area (Å²) in [7, 11) is -3.55. The SMILES string of the molecule is CC1CCCN(S(=O)(=O)c2ccc(NC(=O)CN3C(=O)CCOc4ccccc43)cc2)C1. The number of nitrogens with zero attached hydrogens (tertiary/aromatic N) is 2. The van der Waals surface area contributed by atoms with Gasteiger partial charge in [-0.05, 0) is 55.2 Å². The standard InChI is InChI=1S/C23H27N3O5S/c1-17-5-4-13-25(15-17)32(29,30)19-10-8-18(9-11-19)24-22(27)16-26-20-6-2-3-7-21(20)31-14-12-23(26)28/h2-3,6-11,17H,4-5,12-16H2,1H3,(H,24,27). The van der Waals surface area contributed by atoms with Crippen molar-refractivity contribution in [2.75, 3.05) is 36.5 Å². The first-order chi connectivity index (χ1) is 15.3. The van der Waals surface area contributed by atoms with E-state index >= 15 is 0 Å².